The predicted octanol–water partition coefficient (Wildman–Crippen LogP) is 1.41. The van der Waals surface area contributed by atoms with E-state index >= 15 is 0 Å². The van der Waals surface area contributed by atoms with Crippen LogP contribution in [0.2, 0.25) is 0 Å². The lowest BCUT2D eigenvalue weighted by molar-refractivity contribution is -0.139. The molecule has 0 radical (unpaired) electrons. The molecule has 1 aliphatic rings. The molecule has 0 heterocycles. The van der Waals surface area contributed by atoms with E-state index in [0.29, 0.717) is 13.0 Å². The average molecular weight is 272 g/mol. The van der Waals surface area contributed by atoms with Crippen LogP contribution in [-0.4, -0.2) is 54.6 Å². The second-order valence-electron chi connectivity index (χ2n) is 5.44. The summed E-state index contributed by atoms with van der Waals surface area (Å²) in [5, 5.41) is 0. The molecule has 2 amide bonds. The Bertz CT molecular complexity index is 314. The van der Waals surface area contributed by atoms with Crippen LogP contribution in [0.5, 0.6) is 0 Å². The number of hydrogen-bond donors (Lipinski definition) is 1. The molecule has 0 saturated heterocycles. The van der Waals surface area contributed by atoms with Gasteiger partial charge in [0.25, 0.3) is 0 Å². The Balaban J connectivity index is 2.55. The molecule has 104 valence electrons. The maximum atomic E-state index is 12.2. The second kappa shape index (κ2) is 6.45. The van der Waals surface area contributed by atoms with Gasteiger partial charge in [0.1, 0.15) is 0 Å². The highest BCUT2D eigenvalue weighted by atomic mass is 32.1. The third-order valence-corrected chi connectivity index (χ3v) is 4.16. The molecule has 18 heavy (non-hydrogen) atoms. The van der Waals surface area contributed by atoms with Crippen molar-refractivity contribution < 1.29 is 9.59 Å². The van der Waals surface area contributed by atoms with Crippen molar-refractivity contribution in [1.82, 2.24) is 9.80 Å². The van der Waals surface area contributed by atoms with E-state index in [2.05, 4.69) is 12.6 Å². The van der Waals surface area contributed by atoms with Gasteiger partial charge >= 0.3 is 0 Å². The van der Waals surface area contributed by atoms with Crippen molar-refractivity contribution in [3.63, 3.8) is 0 Å². The SMILES string of the molecule is CCCN(CC(=O)N(C)C)C(=O)CC1(CS)CC1. The molecule has 1 aliphatic carbocycles. The summed E-state index contributed by atoms with van der Waals surface area (Å²) in [6, 6.07) is 0. The first-order chi connectivity index (χ1) is 8.44. The lowest BCUT2D eigenvalue weighted by Crippen LogP contribution is -2.41. The van der Waals surface area contributed by atoms with Crippen LogP contribution in [0.25, 0.3) is 0 Å². The van der Waals surface area contributed by atoms with Crippen LogP contribution in [0, 0.1) is 5.41 Å². The van der Waals surface area contributed by atoms with Gasteiger partial charge in [0.15, 0.2) is 0 Å². The molecule has 1 rings (SSSR count). The zero-order chi connectivity index (χ0) is 13.8. The van der Waals surface area contributed by atoms with Crippen molar-refractivity contribution in [1.29, 1.82) is 0 Å². The number of amides is 2. The van der Waals surface area contributed by atoms with Gasteiger partial charge < -0.3 is 9.80 Å². The van der Waals surface area contributed by atoms with Crippen LogP contribution in [0.3, 0.4) is 0 Å². The Labute approximate surface area is 115 Å². The summed E-state index contributed by atoms with van der Waals surface area (Å²) in [4.78, 5) is 27.1. The molecule has 5 heteroatoms. The van der Waals surface area contributed by atoms with Gasteiger partial charge in [-0.1, -0.05) is 6.92 Å². The van der Waals surface area contributed by atoms with Crippen LogP contribution >= 0.6 is 12.6 Å². The summed E-state index contributed by atoms with van der Waals surface area (Å²) < 4.78 is 0. The largest absolute Gasteiger partial charge is 0.347 e. The number of likely N-dealkylation sites (N-methyl/N-ethyl adjacent to an activating group) is 1. The fourth-order valence-electron chi connectivity index (χ4n) is 1.87. The second-order valence-corrected chi connectivity index (χ2v) is 5.75. The number of rotatable bonds is 7. The molecule has 0 aromatic carbocycles. The fraction of sp³-hybridized carbons (Fsp3) is 0.846. The molecule has 0 bridgehead atoms. The maximum Gasteiger partial charge on any atom is 0.241 e. The van der Waals surface area contributed by atoms with Crippen molar-refractivity contribution in [2.75, 3.05) is 32.9 Å². The molecule has 0 aromatic heterocycles. The zero-order valence-corrected chi connectivity index (χ0v) is 12.5. The van der Waals surface area contributed by atoms with Crippen LogP contribution in [0.15, 0.2) is 0 Å². The average Bonchev–Trinajstić information content (AvgIpc) is 3.08. The molecule has 0 aromatic rings. The van der Waals surface area contributed by atoms with Gasteiger partial charge in [-0.05, 0) is 30.4 Å². The van der Waals surface area contributed by atoms with E-state index in [9.17, 15) is 9.59 Å². The van der Waals surface area contributed by atoms with Crippen LogP contribution < -0.4 is 0 Å². The van der Waals surface area contributed by atoms with Gasteiger partial charge in [-0.15, -0.1) is 0 Å². The molecular formula is C13H24N2O2S. The number of thiol groups is 1. The molecule has 4 nitrogen and oxygen atoms in total. The summed E-state index contributed by atoms with van der Waals surface area (Å²) in [6.45, 7) is 2.87. The lowest BCUT2D eigenvalue weighted by atomic mass is 10.0. The number of carbonyl (C=O) groups excluding carboxylic acids is 2. The Morgan fingerprint density at radius 1 is 1.22 bits per heavy atom. The minimum atomic E-state index is -0.0208. The Kier molecular flexibility index (Phi) is 5.50. The molecule has 0 spiro atoms. The van der Waals surface area contributed by atoms with Crippen LogP contribution in [0.1, 0.15) is 32.6 Å². The van der Waals surface area contributed by atoms with E-state index < -0.39 is 0 Å². The van der Waals surface area contributed by atoms with Crippen molar-refractivity contribution in [2.24, 2.45) is 5.41 Å². The topological polar surface area (TPSA) is 40.6 Å². The number of carbonyl (C=O) groups is 2. The van der Waals surface area contributed by atoms with Gasteiger partial charge in [-0.2, -0.15) is 12.6 Å². The van der Waals surface area contributed by atoms with E-state index in [1.165, 1.54) is 4.90 Å². The predicted molar refractivity (Wildman–Crippen MR) is 75.7 cm³/mol. The van der Waals surface area contributed by atoms with E-state index in [-0.39, 0.29) is 23.8 Å². The van der Waals surface area contributed by atoms with Crippen molar-refractivity contribution in [2.45, 2.75) is 32.6 Å². The van der Waals surface area contributed by atoms with E-state index in [1.54, 1.807) is 19.0 Å². The maximum absolute atomic E-state index is 12.2. The molecule has 0 unspecified atom stereocenters. The van der Waals surface area contributed by atoms with Gasteiger partial charge in [-0.25, -0.2) is 0 Å². The molecule has 0 aliphatic heterocycles. The summed E-state index contributed by atoms with van der Waals surface area (Å²) in [6.07, 6.45) is 3.59. The van der Waals surface area contributed by atoms with Gasteiger partial charge in [0, 0.05) is 27.1 Å². The zero-order valence-electron chi connectivity index (χ0n) is 11.6. The molecule has 1 saturated carbocycles. The highest BCUT2D eigenvalue weighted by Crippen LogP contribution is 2.49. The van der Waals surface area contributed by atoms with Gasteiger partial charge in [0.05, 0.1) is 6.54 Å². The van der Waals surface area contributed by atoms with Gasteiger partial charge in [-0.3, -0.25) is 9.59 Å². The summed E-state index contributed by atoms with van der Waals surface area (Å²) in [7, 11) is 3.43. The summed E-state index contributed by atoms with van der Waals surface area (Å²) >= 11 is 4.32. The van der Waals surface area contributed by atoms with Crippen molar-refractivity contribution in [3.05, 3.63) is 0 Å². The Morgan fingerprint density at radius 2 is 1.83 bits per heavy atom. The lowest BCUT2D eigenvalue weighted by Gasteiger charge is -2.25. The van der Waals surface area contributed by atoms with Crippen LogP contribution in [-0.2, 0) is 9.59 Å². The Morgan fingerprint density at radius 3 is 2.22 bits per heavy atom. The summed E-state index contributed by atoms with van der Waals surface area (Å²) in [5.74, 6) is 0.839. The standard InChI is InChI=1S/C13H24N2O2S/c1-4-7-15(9-12(17)14(2)3)11(16)8-13(10-18)5-6-13/h18H,4-10H2,1-3H3. The van der Waals surface area contributed by atoms with E-state index in [4.69, 9.17) is 0 Å². The third-order valence-electron chi connectivity index (χ3n) is 3.49. The van der Waals surface area contributed by atoms with Crippen molar-refractivity contribution in [3.8, 4) is 0 Å². The summed E-state index contributed by atoms with van der Waals surface area (Å²) in [5.41, 5.74) is 0.118. The van der Waals surface area contributed by atoms with Crippen molar-refractivity contribution >= 4 is 24.4 Å². The quantitative estimate of drug-likeness (QED) is 0.712. The van der Waals surface area contributed by atoms with E-state index in [1.807, 2.05) is 6.92 Å². The smallest absolute Gasteiger partial charge is 0.241 e. The first-order valence-electron chi connectivity index (χ1n) is 6.53. The molecule has 0 N–H and O–H groups in total. The first kappa shape index (κ1) is 15.3. The molecule has 1 fully saturated rings. The number of nitrogens with zero attached hydrogens (tertiary/aromatic N) is 2. The minimum Gasteiger partial charge on any atom is -0.347 e. The highest BCUT2D eigenvalue weighted by molar-refractivity contribution is 7.80. The van der Waals surface area contributed by atoms with Gasteiger partial charge in [0.2, 0.25) is 11.8 Å². The highest BCUT2D eigenvalue weighted by Gasteiger charge is 2.43. The van der Waals surface area contributed by atoms with E-state index in [0.717, 1.165) is 25.0 Å². The first-order valence-corrected chi connectivity index (χ1v) is 7.16. The minimum absolute atomic E-state index is 0.0208. The third kappa shape index (κ3) is 4.19. The monoisotopic (exact) mass is 272 g/mol. The fourth-order valence-corrected chi connectivity index (χ4v) is 2.29. The Hall–Kier alpha value is -0.710. The molecular weight excluding hydrogens is 248 g/mol. The van der Waals surface area contributed by atoms with Crippen LogP contribution in [0.4, 0.5) is 0 Å². The normalized spacial score (nSPS) is 16.2. The number of hydrogen-bond acceptors (Lipinski definition) is 3. The molecule has 0 atom stereocenters.